The molecule has 0 atom stereocenters. The van der Waals surface area contributed by atoms with Crippen molar-refractivity contribution in [1.82, 2.24) is 4.90 Å². The number of hydrogen-bond acceptors (Lipinski definition) is 4. The van der Waals surface area contributed by atoms with Gasteiger partial charge < -0.3 is 14.7 Å². The Labute approximate surface area is 104 Å². The average molecular weight is 257 g/mol. The molecule has 0 spiro atoms. The van der Waals surface area contributed by atoms with Crippen molar-refractivity contribution in [1.29, 1.82) is 0 Å². The minimum Gasteiger partial charge on any atom is -0.477 e. The Morgan fingerprint density at radius 2 is 2.06 bits per heavy atom. The molecule has 1 aromatic rings. The van der Waals surface area contributed by atoms with E-state index in [1.54, 1.807) is 18.1 Å². The summed E-state index contributed by atoms with van der Waals surface area (Å²) in [5, 5.41) is 8.78. The number of carbonyl (C=O) groups is 2. The van der Waals surface area contributed by atoms with Gasteiger partial charge in [-0.25, -0.2) is 4.79 Å². The van der Waals surface area contributed by atoms with Crippen LogP contribution in [0.25, 0.3) is 0 Å². The second kappa shape index (κ2) is 6.36. The summed E-state index contributed by atoms with van der Waals surface area (Å²) in [4.78, 5) is 25.0. The van der Waals surface area contributed by atoms with Gasteiger partial charge in [-0.15, -0.1) is 11.3 Å². The number of carboxylic acid groups (broad SMARTS) is 1. The first kappa shape index (κ1) is 13.7. The molecule has 1 N–H and O–H groups in total. The zero-order chi connectivity index (χ0) is 12.8. The van der Waals surface area contributed by atoms with Gasteiger partial charge >= 0.3 is 5.97 Å². The number of carbonyl (C=O) groups excluding carboxylic acids is 1. The van der Waals surface area contributed by atoms with Crippen molar-refractivity contribution in [2.75, 3.05) is 26.8 Å². The number of methoxy groups -OCH3 is 1. The predicted octanol–water partition coefficient (Wildman–Crippen LogP) is 1.55. The lowest BCUT2D eigenvalue weighted by molar-refractivity contribution is 0.0699. The number of rotatable bonds is 6. The first-order valence-electron chi connectivity index (χ1n) is 5.21. The summed E-state index contributed by atoms with van der Waals surface area (Å²) >= 11 is 0.995. The Bertz CT molecular complexity index is 402. The fraction of sp³-hybridized carbons (Fsp3) is 0.455. The van der Waals surface area contributed by atoms with Crippen LogP contribution in [0.5, 0.6) is 0 Å². The minimum atomic E-state index is -1.01. The first-order chi connectivity index (χ1) is 8.10. The van der Waals surface area contributed by atoms with Crippen molar-refractivity contribution in [2.45, 2.75) is 6.92 Å². The molecule has 5 nitrogen and oxygen atoms in total. The van der Waals surface area contributed by atoms with Crippen molar-refractivity contribution in [2.24, 2.45) is 0 Å². The minimum absolute atomic E-state index is 0.151. The van der Waals surface area contributed by atoms with E-state index in [-0.39, 0.29) is 10.8 Å². The molecule has 0 aliphatic rings. The molecule has 0 aliphatic heterocycles. The highest BCUT2D eigenvalue weighted by molar-refractivity contribution is 7.15. The lowest BCUT2D eigenvalue weighted by Gasteiger charge is -2.19. The molecular formula is C11H15NO4S. The highest BCUT2D eigenvalue weighted by atomic mass is 32.1. The molecule has 0 bridgehead atoms. The lowest BCUT2D eigenvalue weighted by Crippen LogP contribution is -2.33. The van der Waals surface area contributed by atoms with Crippen LogP contribution in [0.4, 0.5) is 0 Å². The first-order valence-corrected chi connectivity index (χ1v) is 6.03. The van der Waals surface area contributed by atoms with Crippen LogP contribution in [-0.4, -0.2) is 48.7 Å². The zero-order valence-electron chi connectivity index (χ0n) is 9.80. The topological polar surface area (TPSA) is 66.8 Å². The molecule has 94 valence electrons. The van der Waals surface area contributed by atoms with E-state index in [1.165, 1.54) is 6.07 Å². The summed E-state index contributed by atoms with van der Waals surface area (Å²) in [7, 11) is 1.58. The maximum absolute atomic E-state index is 12.0. The Balaban J connectivity index is 2.75. The molecular weight excluding hydrogens is 242 g/mol. The number of amides is 1. The SMILES string of the molecule is CCN(CCOC)C(=O)c1ccc(C(=O)O)s1. The number of aromatic carboxylic acids is 1. The van der Waals surface area contributed by atoms with Crippen molar-refractivity contribution >= 4 is 23.2 Å². The molecule has 6 heteroatoms. The van der Waals surface area contributed by atoms with Gasteiger partial charge in [-0.05, 0) is 19.1 Å². The Kier molecular flexibility index (Phi) is 5.11. The number of nitrogens with zero attached hydrogens (tertiary/aromatic N) is 1. The van der Waals surface area contributed by atoms with Gasteiger partial charge in [0.25, 0.3) is 5.91 Å². The Morgan fingerprint density at radius 1 is 1.41 bits per heavy atom. The molecule has 1 aromatic heterocycles. The van der Waals surface area contributed by atoms with Crippen LogP contribution in [0.2, 0.25) is 0 Å². The van der Waals surface area contributed by atoms with Crippen LogP contribution in [0, 0.1) is 0 Å². The van der Waals surface area contributed by atoms with Gasteiger partial charge in [0.2, 0.25) is 0 Å². The fourth-order valence-corrected chi connectivity index (χ4v) is 2.14. The smallest absolute Gasteiger partial charge is 0.345 e. The predicted molar refractivity (Wildman–Crippen MR) is 64.7 cm³/mol. The molecule has 0 radical (unpaired) electrons. The van der Waals surface area contributed by atoms with Crippen LogP contribution in [0.15, 0.2) is 12.1 Å². The second-order valence-electron chi connectivity index (χ2n) is 3.35. The largest absolute Gasteiger partial charge is 0.477 e. The molecule has 0 fully saturated rings. The molecule has 1 rings (SSSR count). The van der Waals surface area contributed by atoms with Gasteiger partial charge in [0, 0.05) is 20.2 Å². The second-order valence-corrected chi connectivity index (χ2v) is 4.43. The third-order valence-electron chi connectivity index (χ3n) is 2.26. The molecule has 1 heterocycles. The van der Waals surface area contributed by atoms with Gasteiger partial charge in [0.1, 0.15) is 4.88 Å². The fourth-order valence-electron chi connectivity index (χ4n) is 1.33. The lowest BCUT2D eigenvalue weighted by atomic mass is 10.3. The number of hydrogen-bond donors (Lipinski definition) is 1. The molecule has 0 aliphatic carbocycles. The van der Waals surface area contributed by atoms with Gasteiger partial charge in [-0.2, -0.15) is 0 Å². The van der Waals surface area contributed by atoms with E-state index in [1.807, 2.05) is 6.92 Å². The van der Waals surface area contributed by atoms with Gasteiger partial charge in [0.05, 0.1) is 11.5 Å². The summed E-state index contributed by atoms with van der Waals surface area (Å²) < 4.78 is 4.92. The van der Waals surface area contributed by atoms with E-state index in [4.69, 9.17) is 9.84 Å². The van der Waals surface area contributed by atoms with Crippen LogP contribution in [0.3, 0.4) is 0 Å². The summed E-state index contributed by atoms with van der Waals surface area (Å²) in [6.07, 6.45) is 0. The number of thiophene rings is 1. The summed E-state index contributed by atoms with van der Waals surface area (Å²) in [6.45, 7) is 3.42. The van der Waals surface area contributed by atoms with Crippen LogP contribution in [-0.2, 0) is 4.74 Å². The highest BCUT2D eigenvalue weighted by Crippen LogP contribution is 2.18. The summed E-state index contributed by atoms with van der Waals surface area (Å²) in [5.74, 6) is -1.16. The van der Waals surface area contributed by atoms with E-state index >= 15 is 0 Å². The monoisotopic (exact) mass is 257 g/mol. The maximum atomic E-state index is 12.0. The average Bonchev–Trinajstić information content (AvgIpc) is 2.79. The molecule has 0 aromatic carbocycles. The van der Waals surface area contributed by atoms with Crippen molar-refractivity contribution in [3.63, 3.8) is 0 Å². The van der Waals surface area contributed by atoms with Crippen LogP contribution < -0.4 is 0 Å². The Morgan fingerprint density at radius 3 is 2.53 bits per heavy atom. The van der Waals surface area contributed by atoms with E-state index in [2.05, 4.69) is 0 Å². The summed E-state index contributed by atoms with van der Waals surface area (Å²) in [6, 6.07) is 3.00. The molecule has 0 saturated heterocycles. The summed E-state index contributed by atoms with van der Waals surface area (Å²) in [5.41, 5.74) is 0. The van der Waals surface area contributed by atoms with Crippen LogP contribution in [0.1, 0.15) is 26.3 Å². The number of likely N-dealkylation sites (N-methyl/N-ethyl adjacent to an activating group) is 1. The van der Waals surface area contributed by atoms with E-state index in [0.717, 1.165) is 11.3 Å². The van der Waals surface area contributed by atoms with Gasteiger partial charge in [0.15, 0.2) is 0 Å². The van der Waals surface area contributed by atoms with E-state index < -0.39 is 5.97 Å². The quantitative estimate of drug-likeness (QED) is 0.839. The normalized spacial score (nSPS) is 10.2. The molecule has 0 saturated carbocycles. The van der Waals surface area contributed by atoms with E-state index in [9.17, 15) is 9.59 Å². The van der Waals surface area contributed by atoms with Crippen LogP contribution >= 0.6 is 11.3 Å². The van der Waals surface area contributed by atoms with Gasteiger partial charge in [-0.3, -0.25) is 4.79 Å². The number of ether oxygens (including phenoxy) is 1. The van der Waals surface area contributed by atoms with Crippen molar-refractivity contribution in [3.8, 4) is 0 Å². The third kappa shape index (κ3) is 3.54. The molecule has 1 amide bonds. The maximum Gasteiger partial charge on any atom is 0.345 e. The number of carboxylic acids is 1. The molecule has 0 unspecified atom stereocenters. The molecule has 17 heavy (non-hydrogen) atoms. The van der Waals surface area contributed by atoms with Crippen molar-refractivity contribution < 1.29 is 19.4 Å². The third-order valence-corrected chi connectivity index (χ3v) is 3.32. The Hall–Kier alpha value is -1.40. The van der Waals surface area contributed by atoms with Gasteiger partial charge in [-0.1, -0.05) is 0 Å². The van der Waals surface area contributed by atoms with Crippen molar-refractivity contribution in [3.05, 3.63) is 21.9 Å². The zero-order valence-corrected chi connectivity index (χ0v) is 10.6. The highest BCUT2D eigenvalue weighted by Gasteiger charge is 2.17. The standard InChI is InChI=1S/C11H15NO4S/c1-3-12(6-7-16-2)10(13)8-4-5-9(17-8)11(14)15/h4-5H,3,6-7H2,1-2H3,(H,14,15). The van der Waals surface area contributed by atoms with E-state index in [0.29, 0.717) is 24.6 Å².